The number of benzene rings is 1. The summed E-state index contributed by atoms with van der Waals surface area (Å²) < 4.78 is 0. The molecule has 2 aliphatic rings. The van der Waals surface area contributed by atoms with E-state index in [0.29, 0.717) is 5.69 Å². The first-order valence-corrected chi connectivity index (χ1v) is 7.83. The van der Waals surface area contributed by atoms with E-state index in [1.807, 2.05) is 4.90 Å². The van der Waals surface area contributed by atoms with Crippen LogP contribution >= 0.6 is 11.6 Å². The smallest absolute Gasteiger partial charge is 0.337 e. The molecule has 0 aromatic heterocycles. The number of nitrogens with zero attached hydrogens (tertiary/aromatic N) is 3. The highest BCUT2D eigenvalue weighted by molar-refractivity contribution is 6.33. The highest BCUT2D eigenvalue weighted by Gasteiger charge is 2.42. The molecule has 23 heavy (non-hydrogen) atoms. The fraction of sp³-hybridized carbons (Fsp3) is 0.400. The molecule has 0 bridgehead atoms. The SMILES string of the molecule is NC1=NC2(CCCCC2)N(c2ccc(C(=O)O)c(Cl)c2)C(N)=N1. The Morgan fingerprint density at radius 1 is 1.26 bits per heavy atom. The minimum Gasteiger partial charge on any atom is -0.478 e. The van der Waals surface area contributed by atoms with Gasteiger partial charge in [-0.2, -0.15) is 4.99 Å². The maximum absolute atomic E-state index is 11.1. The third-order valence-corrected chi connectivity index (χ3v) is 4.61. The van der Waals surface area contributed by atoms with Crippen LogP contribution in [0, 0.1) is 0 Å². The minimum absolute atomic E-state index is 0.0450. The second-order valence-corrected chi connectivity index (χ2v) is 6.20. The molecule has 1 saturated carbocycles. The Bertz CT molecular complexity index is 710. The standard InChI is InChI=1S/C15H18ClN5O2/c16-11-8-9(4-5-10(11)12(22)23)21-14(18)19-13(17)20-15(21)6-2-1-3-7-15/h4-5,8H,1-3,6-7H2,(H,22,23)(H4,17,18,19,20). The lowest BCUT2D eigenvalue weighted by Crippen LogP contribution is -2.58. The largest absolute Gasteiger partial charge is 0.478 e. The quantitative estimate of drug-likeness (QED) is 0.765. The van der Waals surface area contributed by atoms with Gasteiger partial charge in [-0.1, -0.05) is 18.0 Å². The van der Waals surface area contributed by atoms with Crippen molar-refractivity contribution < 1.29 is 9.90 Å². The minimum atomic E-state index is -1.07. The van der Waals surface area contributed by atoms with Crippen molar-refractivity contribution in [1.29, 1.82) is 0 Å². The number of halogens is 1. The zero-order valence-corrected chi connectivity index (χ0v) is 13.3. The number of aromatic carboxylic acids is 1. The molecule has 0 unspecified atom stereocenters. The zero-order valence-electron chi connectivity index (χ0n) is 12.5. The monoisotopic (exact) mass is 335 g/mol. The molecule has 1 aromatic carbocycles. The lowest BCUT2D eigenvalue weighted by molar-refractivity contribution is 0.0697. The molecule has 122 valence electrons. The van der Waals surface area contributed by atoms with Crippen molar-refractivity contribution in [3.63, 3.8) is 0 Å². The van der Waals surface area contributed by atoms with Gasteiger partial charge in [0.15, 0.2) is 0 Å². The number of rotatable bonds is 2. The summed E-state index contributed by atoms with van der Waals surface area (Å²) in [6.45, 7) is 0. The van der Waals surface area contributed by atoms with Crippen molar-refractivity contribution in [2.45, 2.75) is 37.8 Å². The number of aliphatic imine (C=N–C) groups is 2. The molecular formula is C15H18ClN5O2. The average molecular weight is 336 g/mol. The summed E-state index contributed by atoms with van der Waals surface area (Å²) in [5.74, 6) is -0.649. The second-order valence-electron chi connectivity index (χ2n) is 5.79. The van der Waals surface area contributed by atoms with Gasteiger partial charge in [-0.25, -0.2) is 9.79 Å². The third-order valence-electron chi connectivity index (χ3n) is 4.29. The lowest BCUT2D eigenvalue weighted by atomic mass is 9.87. The Hall–Kier alpha value is -2.28. The predicted molar refractivity (Wildman–Crippen MR) is 90.0 cm³/mol. The van der Waals surface area contributed by atoms with Crippen molar-refractivity contribution in [2.75, 3.05) is 4.90 Å². The molecule has 8 heteroatoms. The van der Waals surface area contributed by atoms with Crippen molar-refractivity contribution in [3.8, 4) is 0 Å². The number of nitrogens with two attached hydrogens (primary N) is 2. The Morgan fingerprint density at radius 2 is 1.96 bits per heavy atom. The summed E-state index contributed by atoms with van der Waals surface area (Å²) in [5, 5.41) is 9.26. The number of carboxylic acids is 1. The third kappa shape index (κ3) is 2.72. The first kappa shape index (κ1) is 15.6. The maximum Gasteiger partial charge on any atom is 0.337 e. The molecule has 1 fully saturated rings. The second kappa shape index (κ2) is 5.73. The fourth-order valence-corrected chi connectivity index (χ4v) is 3.57. The van der Waals surface area contributed by atoms with E-state index in [1.165, 1.54) is 6.07 Å². The van der Waals surface area contributed by atoms with Crippen LogP contribution in [0.1, 0.15) is 42.5 Å². The van der Waals surface area contributed by atoms with Crippen LogP contribution in [0.4, 0.5) is 5.69 Å². The number of anilines is 1. The van der Waals surface area contributed by atoms with Crippen molar-refractivity contribution in [2.24, 2.45) is 21.5 Å². The molecule has 1 aliphatic heterocycles. The van der Waals surface area contributed by atoms with Gasteiger partial charge in [0.1, 0.15) is 5.66 Å². The van der Waals surface area contributed by atoms with E-state index in [0.717, 1.165) is 32.1 Å². The van der Waals surface area contributed by atoms with Gasteiger partial charge in [-0.05, 0) is 43.9 Å². The number of hydrogen-bond donors (Lipinski definition) is 3. The van der Waals surface area contributed by atoms with Gasteiger partial charge in [0.05, 0.1) is 10.6 Å². The molecule has 5 N–H and O–H groups in total. The lowest BCUT2D eigenvalue weighted by Gasteiger charge is -2.45. The van der Waals surface area contributed by atoms with Crippen molar-refractivity contribution >= 4 is 35.2 Å². The van der Waals surface area contributed by atoms with Gasteiger partial charge in [0.2, 0.25) is 11.9 Å². The molecule has 0 atom stereocenters. The summed E-state index contributed by atoms with van der Waals surface area (Å²) in [5.41, 5.74) is 12.1. The number of carboxylic acid groups (broad SMARTS) is 1. The van der Waals surface area contributed by atoms with Gasteiger partial charge >= 0.3 is 5.97 Å². The van der Waals surface area contributed by atoms with Crippen LogP contribution in [-0.2, 0) is 0 Å². The van der Waals surface area contributed by atoms with E-state index in [9.17, 15) is 4.79 Å². The molecule has 7 nitrogen and oxygen atoms in total. The molecule has 0 radical (unpaired) electrons. The van der Waals surface area contributed by atoms with E-state index in [-0.39, 0.29) is 22.5 Å². The van der Waals surface area contributed by atoms with Gasteiger partial charge in [-0.15, -0.1) is 0 Å². The summed E-state index contributed by atoms with van der Waals surface area (Å²) >= 11 is 6.10. The summed E-state index contributed by atoms with van der Waals surface area (Å²) in [6.07, 6.45) is 4.79. The van der Waals surface area contributed by atoms with Crippen molar-refractivity contribution in [3.05, 3.63) is 28.8 Å². The van der Waals surface area contributed by atoms with E-state index in [4.69, 9.17) is 28.2 Å². The predicted octanol–water partition coefficient (Wildman–Crippen LogP) is 2.15. The summed E-state index contributed by atoms with van der Waals surface area (Å²) in [4.78, 5) is 21.6. The average Bonchev–Trinajstić information content (AvgIpc) is 2.46. The highest BCUT2D eigenvalue weighted by atomic mass is 35.5. The van der Waals surface area contributed by atoms with Crippen LogP contribution < -0.4 is 16.4 Å². The zero-order chi connectivity index (χ0) is 16.6. The van der Waals surface area contributed by atoms with E-state index >= 15 is 0 Å². The Labute approximate surface area is 138 Å². The van der Waals surface area contributed by atoms with Gasteiger partial charge < -0.3 is 16.6 Å². The summed E-state index contributed by atoms with van der Waals surface area (Å²) in [6, 6.07) is 4.72. The van der Waals surface area contributed by atoms with E-state index in [1.54, 1.807) is 12.1 Å². The molecule has 1 aliphatic carbocycles. The Morgan fingerprint density at radius 3 is 2.57 bits per heavy atom. The van der Waals surface area contributed by atoms with Gasteiger partial charge in [-0.3, -0.25) is 4.90 Å². The fourth-order valence-electron chi connectivity index (χ4n) is 3.31. The first-order valence-electron chi connectivity index (χ1n) is 7.45. The van der Waals surface area contributed by atoms with E-state index < -0.39 is 11.6 Å². The number of carbonyl (C=O) groups is 1. The molecule has 1 spiro atoms. The molecule has 3 rings (SSSR count). The Kier molecular flexibility index (Phi) is 3.89. The van der Waals surface area contributed by atoms with Gasteiger partial charge in [0, 0.05) is 5.69 Å². The van der Waals surface area contributed by atoms with Crippen LogP contribution in [0.2, 0.25) is 5.02 Å². The van der Waals surface area contributed by atoms with Gasteiger partial charge in [0.25, 0.3) is 0 Å². The molecule has 1 aromatic rings. The Balaban J connectivity index is 2.07. The highest BCUT2D eigenvalue weighted by Crippen LogP contribution is 2.40. The van der Waals surface area contributed by atoms with Crippen LogP contribution in [0.5, 0.6) is 0 Å². The topological polar surface area (TPSA) is 117 Å². The normalized spacial score (nSPS) is 20.1. The molecule has 0 saturated heterocycles. The van der Waals surface area contributed by atoms with Crippen molar-refractivity contribution in [1.82, 2.24) is 0 Å². The van der Waals surface area contributed by atoms with Crippen LogP contribution in [0.15, 0.2) is 28.2 Å². The molecule has 1 heterocycles. The molecular weight excluding hydrogens is 318 g/mol. The van der Waals surface area contributed by atoms with Crippen LogP contribution in [-0.4, -0.2) is 28.7 Å². The van der Waals surface area contributed by atoms with Crippen LogP contribution in [0.3, 0.4) is 0 Å². The van der Waals surface area contributed by atoms with Crippen LogP contribution in [0.25, 0.3) is 0 Å². The number of hydrogen-bond acceptors (Lipinski definition) is 6. The van der Waals surface area contributed by atoms with E-state index in [2.05, 4.69) is 9.98 Å². The number of guanidine groups is 2. The summed E-state index contributed by atoms with van der Waals surface area (Å²) in [7, 11) is 0. The molecule has 0 amide bonds. The maximum atomic E-state index is 11.1. The first-order chi connectivity index (χ1) is 10.9.